The van der Waals surface area contributed by atoms with Gasteiger partial charge in [0.25, 0.3) is 0 Å². The second-order valence-corrected chi connectivity index (χ2v) is 4.90. The fourth-order valence-corrected chi connectivity index (χ4v) is 2.67. The van der Waals surface area contributed by atoms with Crippen molar-refractivity contribution in [1.82, 2.24) is 10.2 Å². The molecule has 18 heavy (non-hydrogen) atoms. The van der Waals surface area contributed by atoms with E-state index in [1.807, 2.05) is 0 Å². The molecule has 0 bridgehead atoms. The van der Waals surface area contributed by atoms with Crippen LogP contribution >= 0.6 is 0 Å². The highest BCUT2D eigenvalue weighted by atomic mass is 16.5. The minimum Gasteiger partial charge on any atom is -0.496 e. The maximum atomic E-state index is 5.64. The van der Waals surface area contributed by atoms with E-state index in [2.05, 4.69) is 22.3 Å². The van der Waals surface area contributed by atoms with E-state index < -0.39 is 0 Å². The van der Waals surface area contributed by atoms with Crippen LogP contribution in [0.3, 0.4) is 0 Å². The number of piperazine rings is 1. The van der Waals surface area contributed by atoms with Gasteiger partial charge in [-0.1, -0.05) is 0 Å². The number of hydrogen-bond donors (Lipinski definition) is 1. The first kappa shape index (κ1) is 11.8. The third kappa shape index (κ3) is 2.31. The smallest absolute Gasteiger partial charge is 0.123 e. The minimum absolute atomic E-state index is 0.801. The number of rotatable bonds is 3. The van der Waals surface area contributed by atoms with Crippen molar-refractivity contribution in [1.29, 1.82) is 0 Å². The average Bonchev–Trinajstić information content (AvgIpc) is 2.86. The van der Waals surface area contributed by atoms with Gasteiger partial charge < -0.3 is 14.8 Å². The highest BCUT2D eigenvalue weighted by Crippen LogP contribution is 2.33. The van der Waals surface area contributed by atoms with Gasteiger partial charge in [0, 0.05) is 50.3 Å². The molecule has 0 unspecified atom stereocenters. The Bertz CT molecular complexity index is 428. The lowest BCUT2D eigenvalue weighted by Gasteiger charge is -2.27. The molecular weight excluding hydrogens is 228 g/mol. The topological polar surface area (TPSA) is 33.7 Å². The van der Waals surface area contributed by atoms with Crippen molar-refractivity contribution in [3.05, 3.63) is 23.3 Å². The van der Waals surface area contributed by atoms with Crippen LogP contribution in [0.4, 0.5) is 0 Å². The number of nitrogens with one attached hydrogen (secondary N) is 1. The molecule has 4 heteroatoms. The van der Waals surface area contributed by atoms with Crippen molar-refractivity contribution in [2.45, 2.75) is 13.0 Å². The van der Waals surface area contributed by atoms with E-state index in [0.29, 0.717) is 0 Å². The van der Waals surface area contributed by atoms with Crippen LogP contribution in [0.1, 0.15) is 11.1 Å². The molecule has 1 N–H and O–H groups in total. The second-order valence-electron chi connectivity index (χ2n) is 4.90. The van der Waals surface area contributed by atoms with Gasteiger partial charge in [0.2, 0.25) is 0 Å². The lowest BCUT2D eigenvalue weighted by Crippen LogP contribution is -2.42. The molecule has 0 aliphatic carbocycles. The monoisotopic (exact) mass is 248 g/mol. The Morgan fingerprint density at radius 2 is 2.17 bits per heavy atom. The Kier molecular flexibility index (Phi) is 3.39. The molecule has 98 valence electrons. The van der Waals surface area contributed by atoms with Crippen molar-refractivity contribution in [2.75, 3.05) is 39.9 Å². The molecule has 0 saturated carbocycles. The van der Waals surface area contributed by atoms with E-state index in [4.69, 9.17) is 9.47 Å². The SMILES string of the molecule is COc1cc2c(cc1CN1CCNCC1)OCC2. The Morgan fingerprint density at radius 1 is 1.33 bits per heavy atom. The molecule has 0 amide bonds. The maximum absolute atomic E-state index is 5.64. The molecule has 2 aliphatic heterocycles. The first-order chi connectivity index (χ1) is 8.86. The van der Waals surface area contributed by atoms with Crippen molar-refractivity contribution in [3.63, 3.8) is 0 Å². The first-order valence-corrected chi connectivity index (χ1v) is 6.62. The molecule has 0 aromatic heterocycles. The Balaban J connectivity index is 1.81. The highest BCUT2D eigenvalue weighted by Gasteiger charge is 2.18. The van der Waals surface area contributed by atoms with Gasteiger partial charge in [0.15, 0.2) is 0 Å². The summed E-state index contributed by atoms with van der Waals surface area (Å²) in [5, 5.41) is 3.37. The van der Waals surface area contributed by atoms with Gasteiger partial charge in [-0.3, -0.25) is 4.90 Å². The summed E-state index contributed by atoms with van der Waals surface area (Å²) in [6, 6.07) is 4.29. The van der Waals surface area contributed by atoms with E-state index in [-0.39, 0.29) is 0 Å². The molecule has 1 fully saturated rings. The first-order valence-electron chi connectivity index (χ1n) is 6.62. The highest BCUT2D eigenvalue weighted by molar-refractivity contribution is 5.48. The number of methoxy groups -OCH3 is 1. The maximum Gasteiger partial charge on any atom is 0.123 e. The standard InChI is InChI=1S/C14H20N2O2/c1-17-13-8-11-2-7-18-14(11)9-12(13)10-16-5-3-15-4-6-16/h8-9,15H,2-7,10H2,1H3. The molecule has 0 atom stereocenters. The Morgan fingerprint density at radius 3 is 2.94 bits per heavy atom. The molecule has 0 radical (unpaired) electrons. The van der Waals surface area contributed by atoms with Crippen LogP contribution in [0.15, 0.2) is 12.1 Å². The lowest BCUT2D eigenvalue weighted by molar-refractivity contribution is 0.230. The zero-order valence-electron chi connectivity index (χ0n) is 10.9. The molecule has 1 aromatic carbocycles. The molecule has 1 saturated heterocycles. The Labute approximate surface area is 108 Å². The van der Waals surface area contributed by atoms with Gasteiger partial charge in [-0.15, -0.1) is 0 Å². The zero-order valence-corrected chi connectivity index (χ0v) is 10.9. The van der Waals surface area contributed by atoms with Crippen LogP contribution in [-0.2, 0) is 13.0 Å². The van der Waals surface area contributed by atoms with Crippen molar-refractivity contribution in [3.8, 4) is 11.5 Å². The number of ether oxygens (including phenoxy) is 2. The van der Waals surface area contributed by atoms with Gasteiger partial charge in [0.05, 0.1) is 13.7 Å². The predicted octanol–water partition coefficient (Wildman–Crippen LogP) is 1.04. The predicted molar refractivity (Wildman–Crippen MR) is 70.3 cm³/mol. The fraction of sp³-hybridized carbons (Fsp3) is 0.571. The zero-order chi connectivity index (χ0) is 12.4. The quantitative estimate of drug-likeness (QED) is 0.866. The summed E-state index contributed by atoms with van der Waals surface area (Å²) in [6.07, 6.45) is 1.000. The second kappa shape index (κ2) is 5.16. The molecule has 0 spiro atoms. The fourth-order valence-electron chi connectivity index (χ4n) is 2.67. The van der Waals surface area contributed by atoms with Gasteiger partial charge >= 0.3 is 0 Å². The number of fused-ring (bicyclic) bond motifs is 1. The summed E-state index contributed by atoms with van der Waals surface area (Å²) in [7, 11) is 1.75. The summed E-state index contributed by atoms with van der Waals surface area (Å²) in [4.78, 5) is 2.45. The van der Waals surface area contributed by atoms with Crippen molar-refractivity contribution in [2.24, 2.45) is 0 Å². The molecule has 1 aromatic rings. The number of benzene rings is 1. The summed E-state index contributed by atoms with van der Waals surface area (Å²) < 4.78 is 11.2. The summed E-state index contributed by atoms with van der Waals surface area (Å²) in [5.74, 6) is 2.04. The largest absolute Gasteiger partial charge is 0.496 e. The van der Waals surface area contributed by atoms with E-state index in [1.54, 1.807) is 7.11 Å². The number of nitrogens with zero attached hydrogens (tertiary/aromatic N) is 1. The van der Waals surface area contributed by atoms with E-state index in [0.717, 1.165) is 57.3 Å². The van der Waals surface area contributed by atoms with Crippen LogP contribution in [0, 0.1) is 0 Å². The van der Waals surface area contributed by atoms with E-state index in [9.17, 15) is 0 Å². The summed E-state index contributed by atoms with van der Waals surface area (Å²) >= 11 is 0. The van der Waals surface area contributed by atoms with Crippen LogP contribution in [0.2, 0.25) is 0 Å². The van der Waals surface area contributed by atoms with Gasteiger partial charge in [-0.2, -0.15) is 0 Å². The summed E-state index contributed by atoms with van der Waals surface area (Å²) in [5.41, 5.74) is 2.51. The van der Waals surface area contributed by atoms with Gasteiger partial charge in [-0.05, 0) is 12.1 Å². The van der Waals surface area contributed by atoms with Gasteiger partial charge in [-0.25, -0.2) is 0 Å². The normalized spacial score (nSPS) is 19.4. The van der Waals surface area contributed by atoms with Gasteiger partial charge in [0.1, 0.15) is 11.5 Å². The van der Waals surface area contributed by atoms with Crippen molar-refractivity contribution < 1.29 is 9.47 Å². The molecule has 2 heterocycles. The minimum atomic E-state index is 0.801. The molecule has 2 aliphatic rings. The third-order valence-corrected chi connectivity index (χ3v) is 3.70. The van der Waals surface area contributed by atoms with Crippen LogP contribution in [0.25, 0.3) is 0 Å². The number of hydrogen-bond acceptors (Lipinski definition) is 4. The van der Waals surface area contributed by atoms with E-state index >= 15 is 0 Å². The molecular formula is C14H20N2O2. The molecule has 3 rings (SSSR count). The van der Waals surface area contributed by atoms with Crippen molar-refractivity contribution >= 4 is 0 Å². The van der Waals surface area contributed by atoms with Crippen LogP contribution in [0.5, 0.6) is 11.5 Å². The molecule has 4 nitrogen and oxygen atoms in total. The average molecular weight is 248 g/mol. The lowest BCUT2D eigenvalue weighted by atomic mass is 10.1. The van der Waals surface area contributed by atoms with Crippen LogP contribution in [-0.4, -0.2) is 44.8 Å². The van der Waals surface area contributed by atoms with Crippen LogP contribution < -0.4 is 14.8 Å². The van der Waals surface area contributed by atoms with E-state index in [1.165, 1.54) is 11.1 Å². The summed E-state index contributed by atoms with van der Waals surface area (Å²) in [6.45, 7) is 6.09. The third-order valence-electron chi connectivity index (χ3n) is 3.70. The Hall–Kier alpha value is -1.26.